The Kier molecular flexibility index (Phi) is 4.84. The molecule has 6 nitrogen and oxygen atoms in total. The van der Waals surface area contributed by atoms with Crippen LogP contribution in [0.3, 0.4) is 0 Å². The van der Waals surface area contributed by atoms with Crippen LogP contribution in [0.15, 0.2) is 41.2 Å². The van der Waals surface area contributed by atoms with E-state index in [9.17, 15) is 4.79 Å². The summed E-state index contributed by atoms with van der Waals surface area (Å²) in [6, 6.07) is 9.28. The number of carbonyl (C=O) groups is 1. The van der Waals surface area contributed by atoms with Crippen LogP contribution in [0.5, 0.6) is 0 Å². The number of amides is 1. The van der Waals surface area contributed by atoms with Gasteiger partial charge in [-0.2, -0.15) is 4.98 Å². The van der Waals surface area contributed by atoms with Crippen LogP contribution in [0.2, 0.25) is 0 Å². The normalized spacial score (nSPS) is 13.7. The van der Waals surface area contributed by atoms with Crippen LogP contribution in [-0.4, -0.2) is 22.6 Å². The van der Waals surface area contributed by atoms with Gasteiger partial charge in [0.25, 0.3) is 0 Å². The van der Waals surface area contributed by atoms with E-state index in [-0.39, 0.29) is 17.9 Å². The van der Waals surface area contributed by atoms with Crippen LogP contribution >= 0.6 is 0 Å². The molecule has 0 radical (unpaired) electrons. The third-order valence-corrected chi connectivity index (χ3v) is 3.19. The Hall–Kier alpha value is -2.21. The molecule has 0 aliphatic heterocycles. The van der Waals surface area contributed by atoms with Crippen molar-refractivity contribution in [3.63, 3.8) is 0 Å². The molecule has 1 aromatic heterocycles. The minimum atomic E-state index is -0.318. The molecule has 0 aliphatic rings. The zero-order valence-electron chi connectivity index (χ0n) is 11.3. The van der Waals surface area contributed by atoms with Crippen LogP contribution in [-0.2, 0) is 11.2 Å². The fraction of sp³-hybridized carbons (Fsp3) is 0.357. The van der Waals surface area contributed by atoms with Crippen molar-refractivity contribution in [3.8, 4) is 0 Å². The molecule has 20 heavy (non-hydrogen) atoms. The van der Waals surface area contributed by atoms with E-state index in [0.717, 1.165) is 5.56 Å². The van der Waals surface area contributed by atoms with Gasteiger partial charge >= 0.3 is 0 Å². The second-order valence-electron chi connectivity index (χ2n) is 4.61. The number of rotatable bonds is 6. The van der Waals surface area contributed by atoms with Gasteiger partial charge in [0.05, 0.1) is 5.92 Å². The first-order chi connectivity index (χ1) is 9.68. The van der Waals surface area contributed by atoms with E-state index in [1.165, 1.54) is 6.39 Å². The number of benzene rings is 1. The van der Waals surface area contributed by atoms with Gasteiger partial charge < -0.3 is 15.6 Å². The zero-order chi connectivity index (χ0) is 14.4. The zero-order valence-corrected chi connectivity index (χ0v) is 11.3. The van der Waals surface area contributed by atoms with E-state index in [0.29, 0.717) is 18.8 Å². The second-order valence-corrected chi connectivity index (χ2v) is 4.61. The molecule has 2 unspecified atom stereocenters. The summed E-state index contributed by atoms with van der Waals surface area (Å²) in [4.78, 5) is 15.9. The number of nitrogens with one attached hydrogen (secondary N) is 1. The van der Waals surface area contributed by atoms with E-state index in [4.69, 9.17) is 5.73 Å². The minimum absolute atomic E-state index is 0.0788. The molecule has 0 aliphatic carbocycles. The first-order valence-electron chi connectivity index (χ1n) is 6.52. The van der Waals surface area contributed by atoms with Crippen LogP contribution < -0.4 is 11.1 Å². The predicted octanol–water partition coefficient (Wildman–Crippen LogP) is 1.06. The van der Waals surface area contributed by atoms with E-state index < -0.39 is 0 Å². The quantitative estimate of drug-likeness (QED) is 0.821. The van der Waals surface area contributed by atoms with E-state index in [2.05, 4.69) is 20.0 Å². The molecule has 1 amide bonds. The molecule has 1 aromatic carbocycles. The number of nitrogens with zero attached hydrogens (tertiary/aromatic N) is 2. The van der Waals surface area contributed by atoms with Crippen molar-refractivity contribution >= 4 is 5.91 Å². The molecule has 0 bridgehead atoms. The van der Waals surface area contributed by atoms with Crippen molar-refractivity contribution in [2.75, 3.05) is 6.54 Å². The Morgan fingerprint density at radius 1 is 1.40 bits per heavy atom. The maximum atomic E-state index is 12.0. The van der Waals surface area contributed by atoms with Gasteiger partial charge in [-0.05, 0) is 5.56 Å². The molecular weight excluding hydrogens is 256 g/mol. The molecule has 106 valence electrons. The van der Waals surface area contributed by atoms with Crippen LogP contribution in [0.25, 0.3) is 0 Å². The predicted molar refractivity (Wildman–Crippen MR) is 73.5 cm³/mol. The largest absolute Gasteiger partial charge is 0.355 e. The number of aromatic nitrogens is 2. The first-order valence-corrected chi connectivity index (χ1v) is 6.52. The molecule has 2 rings (SSSR count). The van der Waals surface area contributed by atoms with Crippen molar-refractivity contribution < 1.29 is 9.32 Å². The Morgan fingerprint density at radius 3 is 2.80 bits per heavy atom. The summed E-state index contributed by atoms with van der Waals surface area (Å²) in [6.45, 7) is 2.28. The highest BCUT2D eigenvalue weighted by Gasteiger charge is 2.21. The standard InChI is InChI=1S/C14H18N4O2/c1-10(13(15)11-5-3-2-4-6-11)14(19)16-8-7-12-17-9-20-18-12/h2-6,9-10,13H,7-8,15H2,1H3,(H,16,19). The summed E-state index contributed by atoms with van der Waals surface area (Å²) in [7, 11) is 0. The average molecular weight is 274 g/mol. The molecule has 0 saturated carbocycles. The molecule has 2 aromatic rings. The highest BCUT2D eigenvalue weighted by molar-refractivity contribution is 5.79. The molecule has 2 atom stereocenters. The third-order valence-electron chi connectivity index (χ3n) is 3.19. The summed E-state index contributed by atoms with van der Waals surface area (Å²) in [6.07, 6.45) is 1.81. The molecule has 3 N–H and O–H groups in total. The lowest BCUT2D eigenvalue weighted by Gasteiger charge is -2.19. The van der Waals surface area contributed by atoms with Gasteiger partial charge in [0.1, 0.15) is 0 Å². The Balaban J connectivity index is 1.82. The number of nitrogens with two attached hydrogens (primary N) is 1. The van der Waals surface area contributed by atoms with Gasteiger partial charge in [0.2, 0.25) is 12.3 Å². The van der Waals surface area contributed by atoms with Gasteiger partial charge in [0, 0.05) is 19.0 Å². The maximum absolute atomic E-state index is 12.0. The van der Waals surface area contributed by atoms with Crippen molar-refractivity contribution in [2.45, 2.75) is 19.4 Å². The van der Waals surface area contributed by atoms with Crippen LogP contribution in [0, 0.1) is 5.92 Å². The fourth-order valence-electron chi connectivity index (χ4n) is 1.89. The van der Waals surface area contributed by atoms with Gasteiger partial charge in [-0.1, -0.05) is 42.4 Å². The summed E-state index contributed by atoms with van der Waals surface area (Å²) in [5.74, 6) is 0.192. The fourth-order valence-corrected chi connectivity index (χ4v) is 1.89. The summed E-state index contributed by atoms with van der Waals surface area (Å²) >= 11 is 0. The summed E-state index contributed by atoms with van der Waals surface area (Å²) in [5.41, 5.74) is 7.06. The number of hydrogen-bond acceptors (Lipinski definition) is 5. The van der Waals surface area contributed by atoms with E-state index in [1.807, 2.05) is 37.3 Å². The molecular formula is C14H18N4O2. The topological polar surface area (TPSA) is 94.0 Å². The van der Waals surface area contributed by atoms with Crippen LogP contribution in [0.4, 0.5) is 0 Å². The highest BCUT2D eigenvalue weighted by atomic mass is 16.5. The summed E-state index contributed by atoms with van der Waals surface area (Å²) < 4.78 is 4.62. The number of carbonyl (C=O) groups excluding carboxylic acids is 1. The Morgan fingerprint density at radius 2 is 2.15 bits per heavy atom. The van der Waals surface area contributed by atoms with Crippen molar-refractivity contribution in [2.24, 2.45) is 11.7 Å². The van der Waals surface area contributed by atoms with Crippen molar-refractivity contribution in [3.05, 3.63) is 48.1 Å². The molecule has 0 spiro atoms. The van der Waals surface area contributed by atoms with Gasteiger partial charge in [0.15, 0.2) is 5.82 Å². The van der Waals surface area contributed by atoms with E-state index in [1.54, 1.807) is 0 Å². The van der Waals surface area contributed by atoms with Gasteiger partial charge in [-0.25, -0.2) is 0 Å². The van der Waals surface area contributed by atoms with Crippen molar-refractivity contribution in [1.82, 2.24) is 15.5 Å². The van der Waals surface area contributed by atoms with Crippen molar-refractivity contribution in [1.29, 1.82) is 0 Å². The SMILES string of the molecule is CC(C(=O)NCCc1ncon1)C(N)c1ccccc1. The number of hydrogen-bond donors (Lipinski definition) is 2. The van der Waals surface area contributed by atoms with Gasteiger partial charge in [-0.3, -0.25) is 4.79 Å². The maximum Gasteiger partial charge on any atom is 0.224 e. The Bertz CT molecular complexity index is 527. The Labute approximate surface area is 117 Å². The molecule has 0 saturated heterocycles. The third kappa shape index (κ3) is 3.64. The van der Waals surface area contributed by atoms with E-state index >= 15 is 0 Å². The lowest BCUT2D eigenvalue weighted by atomic mass is 9.95. The lowest BCUT2D eigenvalue weighted by molar-refractivity contribution is -0.125. The first kappa shape index (κ1) is 14.2. The lowest BCUT2D eigenvalue weighted by Crippen LogP contribution is -2.36. The smallest absolute Gasteiger partial charge is 0.224 e. The minimum Gasteiger partial charge on any atom is -0.355 e. The second kappa shape index (κ2) is 6.81. The van der Waals surface area contributed by atoms with Crippen LogP contribution in [0.1, 0.15) is 24.4 Å². The molecule has 6 heteroatoms. The highest BCUT2D eigenvalue weighted by Crippen LogP contribution is 2.18. The molecule has 1 heterocycles. The molecule has 0 fully saturated rings. The average Bonchev–Trinajstić information content (AvgIpc) is 2.99. The monoisotopic (exact) mass is 274 g/mol. The summed E-state index contributed by atoms with van der Waals surface area (Å²) in [5, 5.41) is 6.51. The van der Waals surface area contributed by atoms with Gasteiger partial charge in [-0.15, -0.1) is 0 Å².